The van der Waals surface area contributed by atoms with Crippen LogP contribution in [0, 0.1) is 6.92 Å². The van der Waals surface area contributed by atoms with Crippen LogP contribution in [0.5, 0.6) is 0 Å². The summed E-state index contributed by atoms with van der Waals surface area (Å²) < 4.78 is 0. The summed E-state index contributed by atoms with van der Waals surface area (Å²) in [7, 11) is 0. The summed E-state index contributed by atoms with van der Waals surface area (Å²) >= 11 is 5.57. The van der Waals surface area contributed by atoms with Gasteiger partial charge in [-0.15, -0.1) is 11.6 Å². The van der Waals surface area contributed by atoms with Crippen LogP contribution >= 0.6 is 11.6 Å². The second-order valence-corrected chi connectivity index (χ2v) is 3.89. The van der Waals surface area contributed by atoms with Gasteiger partial charge in [-0.2, -0.15) is 0 Å². The average molecular weight is 223 g/mol. The second kappa shape index (κ2) is 5.72. The monoisotopic (exact) mass is 222 g/mol. The predicted octanol–water partition coefficient (Wildman–Crippen LogP) is 3.84. The Kier molecular flexibility index (Phi) is 4.57. The highest BCUT2D eigenvalue weighted by molar-refractivity contribution is 6.17. The van der Waals surface area contributed by atoms with E-state index in [0.717, 1.165) is 23.1 Å². The smallest absolute Gasteiger partial charge is 0.160 e. The number of allylic oxidation sites excluding steroid dienone is 1. The van der Waals surface area contributed by atoms with E-state index in [2.05, 4.69) is 0 Å². The van der Waals surface area contributed by atoms with Gasteiger partial charge in [-0.3, -0.25) is 4.79 Å². The molecule has 0 saturated carbocycles. The standard InChI is InChI=1S/C13H15ClO/c1-10-9-12(5-3-4-8-14)6-7-13(10)11(2)15/h3,5-7,9H,4,8H2,1-2H3. The average Bonchev–Trinajstić information content (AvgIpc) is 2.17. The van der Waals surface area contributed by atoms with E-state index in [1.54, 1.807) is 6.92 Å². The number of aryl methyl sites for hydroxylation is 1. The lowest BCUT2D eigenvalue weighted by atomic mass is 10.0. The van der Waals surface area contributed by atoms with E-state index >= 15 is 0 Å². The first-order valence-electron chi connectivity index (χ1n) is 4.99. The molecule has 0 fully saturated rings. The van der Waals surface area contributed by atoms with Gasteiger partial charge in [-0.1, -0.05) is 30.4 Å². The number of alkyl halides is 1. The molecule has 0 aliphatic carbocycles. The number of carbonyl (C=O) groups excluding carboxylic acids is 1. The lowest BCUT2D eigenvalue weighted by molar-refractivity contribution is 0.101. The first-order chi connectivity index (χ1) is 7.15. The van der Waals surface area contributed by atoms with Gasteiger partial charge in [0.1, 0.15) is 0 Å². The van der Waals surface area contributed by atoms with Crippen LogP contribution in [0.25, 0.3) is 6.08 Å². The molecular formula is C13H15ClO. The van der Waals surface area contributed by atoms with E-state index in [1.807, 2.05) is 37.3 Å². The Morgan fingerprint density at radius 2 is 2.20 bits per heavy atom. The third-order valence-corrected chi connectivity index (χ3v) is 2.43. The Morgan fingerprint density at radius 1 is 1.47 bits per heavy atom. The van der Waals surface area contributed by atoms with Crippen LogP contribution in [0.1, 0.15) is 34.8 Å². The summed E-state index contributed by atoms with van der Waals surface area (Å²) in [6.07, 6.45) is 4.93. The highest BCUT2D eigenvalue weighted by Gasteiger charge is 2.02. The Hall–Kier alpha value is -1.08. The van der Waals surface area contributed by atoms with Gasteiger partial charge in [0.15, 0.2) is 5.78 Å². The van der Waals surface area contributed by atoms with Crippen molar-refractivity contribution in [3.05, 3.63) is 41.0 Å². The first-order valence-corrected chi connectivity index (χ1v) is 5.52. The van der Waals surface area contributed by atoms with Crippen LogP contribution < -0.4 is 0 Å². The number of carbonyl (C=O) groups is 1. The van der Waals surface area contributed by atoms with Gasteiger partial charge in [0.05, 0.1) is 0 Å². The number of benzene rings is 1. The molecule has 0 bridgehead atoms. The number of ketones is 1. The van der Waals surface area contributed by atoms with Crippen LogP contribution in [-0.4, -0.2) is 11.7 Å². The Labute approximate surface area is 95.8 Å². The minimum atomic E-state index is 0.115. The van der Waals surface area contributed by atoms with Crippen molar-refractivity contribution in [3.63, 3.8) is 0 Å². The fourth-order valence-corrected chi connectivity index (χ4v) is 1.59. The highest BCUT2D eigenvalue weighted by atomic mass is 35.5. The minimum Gasteiger partial charge on any atom is -0.295 e. The predicted molar refractivity (Wildman–Crippen MR) is 65.6 cm³/mol. The topological polar surface area (TPSA) is 17.1 Å². The molecular weight excluding hydrogens is 208 g/mol. The van der Waals surface area contributed by atoms with Gasteiger partial charge in [0.25, 0.3) is 0 Å². The molecule has 0 radical (unpaired) electrons. The van der Waals surface area contributed by atoms with E-state index in [-0.39, 0.29) is 5.78 Å². The number of halogens is 1. The second-order valence-electron chi connectivity index (χ2n) is 3.51. The Morgan fingerprint density at radius 3 is 2.73 bits per heavy atom. The van der Waals surface area contributed by atoms with Crippen molar-refractivity contribution in [2.75, 3.05) is 5.88 Å². The third-order valence-electron chi connectivity index (χ3n) is 2.22. The van der Waals surface area contributed by atoms with Gasteiger partial charge in [0, 0.05) is 11.4 Å². The van der Waals surface area contributed by atoms with Crippen molar-refractivity contribution in [2.45, 2.75) is 20.3 Å². The minimum absolute atomic E-state index is 0.115. The van der Waals surface area contributed by atoms with Gasteiger partial charge >= 0.3 is 0 Å². The summed E-state index contributed by atoms with van der Waals surface area (Å²) in [4.78, 5) is 11.2. The molecule has 2 heteroatoms. The van der Waals surface area contributed by atoms with E-state index < -0.39 is 0 Å². The van der Waals surface area contributed by atoms with E-state index in [4.69, 9.17) is 11.6 Å². The molecule has 80 valence electrons. The van der Waals surface area contributed by atoms with Crippen LogP contribution in [-0.2, 0) is 0 Å². The first kappa shape index (κ1) is 12.0. The SMILES string of the molecule is CC(=O)c1ccc(C=CCCCl)cc1C. The molecule has 0 heterocycles. The molecule has 0 saturated heterocycles. The fraction of sp³-hybridized carbons (Fsp3) is 0.308. The molecule has 0 aromatic heterocycles. The van der Waals surface area contributed by atoms with E-state index in [0.29, 0.717) is 5.88 Å². The van der Waals surface area contributed by atoms with E-state index in [9.17, 15) is 4.79 Å². The van der Waals surface area contributed by atoms with Crippen molar-refractivity contribution in [2.24, 2.45) is 0 Å². The van der Waals surface area contributed by atoms with Gasteiger partial charge in [-0.05, 0) is 31.4 Å². The molecule has 0 aliphatic heterocycles. The Balaban J connectivity index is 2.87. The molecule has 0 unspecified atom stereocenters. The summed E-state index contributed by atoms with van der Waals surface area (Å²) in [6.45, 7) is 3.54. The number of rotatable bonds is 4. The summed E-state index contributed by atoms with van der Waals surface area (Å²) in [5.74, 6) is 0.755. The van der Waals surface area contributed by atoms with Crippen molar-refractivity contribution in [1.82, 2.24) is 0 Å². The Bertz CT molecular complexity index is 380. The third kappa shape index (κ3) is 3.52. The normalized spacial score (nSPS) is 10.9. The maximum Gasteiger partial charge on any atom is 0.160 e. The molecule has 0 atom stereocenters. The maximum absolute atomic E-state index is 11.2. The summed E-state index contributed by atoms with van der Waals surface area (Å²) in [6, 6.07) is 5.84. The van der Waals surface area contributed by atoms with Crippen LogP contribution in [0.2, 0.25) is 0 Å². The van der Waals surface area contributed by atoms with Crippen LogP contribution in [0.3, 0.4) is 0 Å². The largest absolute Gasteiger partial charge is 0.295 e. The number of Topliss-reactive ketones (excluding diaryl/α,β-unsaturated/α-hetero) is 1. The molecule has 0 spiro atoms. The summed E-state index contributed by atoms with van der Waals surface area (Å²) in [5.41, 5.74) is 2.93. The molecule has 1 aromatic rings. The van der Waals surface area contributed by atoms with E-state index in [1.165, 1.54) is 0 Å². The lowest BCUT2D eigenvalue weighted by Crippen LogP contribution is -1.95. The fourth-order valence-electron chi connectivity index (χ4n) is 1.47. The molecule has 0 amide bonds. The van der Waals surface area contributed by atoms with Crippen molar-refractivity contribution >= 4 is 23.5 Å². The van der Waals surface area contributed by atoms with Crippen molar-refractivity contribution in [1.29, 1.82) is 0 Å². The maximum atomic E-state index is 11.2. The molecule has 1 nitrogen and oxygen atoms in total. The zero-order chi connectivity index (χ0) is 11.3. The number of hydrogen-bond donors (Lipinski definition) is 0. The van der Waals surface area contributed by atoms with Crippen LogP contribution in [0.15, 0.2) is 24.3 Å². The zero-order valence-corrected chi connectivity index (χ0v) is 9.84. The van der Waals surface area contributed by atoms with Gasteiger partial charge in [0.2, 0.25) is 0 Å². The molecule has 1 rings (SSSR count). The summed E-state index contributed by atoms with van der Waals surface area (Å²) in [5, 5.41) is 0. The zero-order valence-electron chi connectivity index (χ0n) is 9.09. The molecule has 1 aromatic carbocycles. The molecule has 15 heavy (non-hydrogen) atoms. The van der Waals surface area contributed by atoms with Crippen molar-refractivity contribution < 1.29 is 4.79 Å². The van der Waals surface area contributed by atoms with Crippen LogP contribution in [0.4, 0.5) is 0 Å². The number of hydrogen-bond acceptors (Lipinski definition) is 1. The van der Waals surface area contributed by atoms with Crippen molar-refractivity contribution in [3.8, 4) is 0 Å². The van der Waals surface area contributed by atoms with Gasteiger partial charge in [-0.25, -0.2) is 0 Å². The molecule has 0 N–H and O–H groups in total. The highest BCUT2D eigenvalue weighted by Crippen LogP contribution is 2.13. The van der Waals surface area contributed by atoms with Gasteiger partial charge < -0.3 is 0 Å². The quantitative estimate of drug-likeness (QED) is 0.559. The molecule has 0 aliphatic rings. The lowest BCUT2D eigenvalue weighted by Gasteiger charge is -2.02.